The summed E-state index contributed by atoms with van der Waals surface area (Å²) >= 11 is 5.35. The van der Waals surface area contributed by atoms with Crippen molar-refractivity contribution < 1.29 is 0 Å². The van der Waals surface area contributed by atoms with Crippen molar-refractivity contribution in [2.45, 2.75) is 5.25 Å². The minimum absolute atomic E-state index is 0.368. The summed E-state index contributed by atoms with van der Waals surface area (Å²) in [4.78, 5) is 5.01. The zero-order valence-corrected chi connectivity index (χ0v) is 11.8. The topological polar surface area (TPSA) is 38.4 Å². The molecule has 3 heterocycles. The molecule has 5 heteroatoms. The van der Waals surface area contributed by atoms with Gasteiger partial charge in [0.2, 0.25) is 0 Å². The fourth-order valence-electron chi connectivity index (χ4n) is 1.73. The SMILES string of the molecule is NN=C=C1C=CC(c2ccc(-c3cccs3)s2)S1. The molecule has 0 aromatic carbocycles. The molecule has 2 N–H and O–H groups in total. The summed E-state index contributed by atoms with van der Waals surface area (Å²) in [5.41, 5.74) is 0. The van der Waals surface area contributed by atoms with Crippen LogP contribution in [0.5, 0.6) is 0 Å². The molecule has 90 valence electrons. The van der Waals surface area contributed by atoms with E-state index in [-0.39, 0.29) is 0 Å². The van der Waals surface area contributed by atoms with Gasteiger partial charge in [-0.15, -0.1) is 39.5 Å². The highest BCUT2D eigenvalue weighted by Gasteiger charge is 2.18. The number of hydrogen-bond donors (Lipinski definition) is 1. The fourth-order valence-corrected chi connectivity index (χ4v) is 4.71. The van der Waals surface area contributed by atoms with Gasteiger partial charge in [-0.05, 0) is 29.7 Å². The average molecular weight is 290 g/mol. The number of hydrogen-bond acceptors (Lipinski definition) is 5. The van der Waals surface area contributed by atoms with Gasteiger partial charge in [-0.25, -0.2) is 0 Å². The van der Waals surface area contributed by atoms with E-state index in [4.69, 9.17) is 5.84 Å². The zero-order valence-electron chi connectivity index (χ0n) is 9.37. The molecule has 0 saturated heterocycles. The standard InChI is InChI=1S/C13H10N2S3/c14-15-8-9-3-4-12(17-9)13-6-5-11(18-13)10-2-1-7-16-10/h1-7,12H,14H2. The Kier molecular flexibility index (Phi) is 3.39. The van der Waals surface area contributed by atoms with Crippen molar-refractivity contribution in [2.75, 3.05) is 0 Å². The molecule has 1 aliphatic heterocycles. The summed E-state index contributed by atoms with van der Waals surface area (Å²) in [7, 11) is 0. The van der Waals surface area contributed by atoms with Gasteiger partial charge in [-0.2, -0.15) is 0 Å². The van der Waals surface area contributed by atoms with E-state index in [9.17, 15) is 0 Å². The molecular weight excluding hydrogens is 280 g/mol. The Morgan fingerprint density at radius 2 is 2.17 bits per heavy atom. The summed E-state index contributed by atoms with van der Waals surface area (Å²) in [5.74, 6) is 7.89. The second kappa shape index (κ2) is 5.16. The molecule has 0 fully saturated rings. The van der Waals surface area contributed by atoms with Gasteiger partial charge >= 0.3 is 0 Å². The number of thioether (sulfide) groups is 1. The highest BCUT2D eigenvalue weighted by atomic mass is 32.2. The normalized spacial score (nSPS) is 18.0. The first kappa shape index (κ1) is 11.8. The molecule has 1 atom stereocenters. The Hall–Kier alpha value is -1.26. The smallest absolute Gasteiger partial charge is 0.0713 e. The summed E-state index contributed by atoms with van der Waals surface area (Å²) in [6.45, 7) is 0. The lowest BCUT2D eigenvalue weighted by molar-refractivity contribution is 1.27. The van der Waals surface area contributed by atoms with Gasteiger partial charge < -0.3 is 5.84 Å². The monoisotopic (exact) mass is 290 g/mol. The first-order valence-electron chi connectivity index (χ1n) is 5.38. The van der Waals surface area contributed by atoms with Crippen LogP contribution in [0.15, 0.2) is 51.8 Å². The van der Waals surface area contributed by atoms with E-state index >= 15 is 0 Å². The lowest BCUT2D eigenvalue weighted by atomic mass is 10.3. The molecular formula is C13H10N2S3. The van der Waals surface area contributed by atoms with Crippen LogP contribution >= 0.6 is 34.4 Å². The van der Waals surface area contributed by atoms with E-state index in [0.717, 1.165) is 4.91 Å². The molecule has 0 radical (unpaired) electrons. The number of nitrogens with two attached hydrogens (primary N) is 1. The van der Waals surface area contributed by atoms with E-state index in [2.05, 4.69) is 46.7 Å². The largest absolute Gasteiger partial charge is 0.315 e. The van der Waals surface area contributed by atoms with E-state index in [0.29, 0.717) is 5.25 Å². The molecule has 0 saturated carbocycles. The molecule has 2 aromatic rings. The van der Waals surface area contributed by atoms with Gasteiger partial charge in [-0.3, -0.25) is 0 Å². The quantitative estimate of drug-likeness (QED) is 0.510. The summed E-state index contributed by atoms with van der Waals surface area (Å²) in [6.07, 6.45) is 4.19. The Morgan fingerprint density at radius 3 is 2.94 bits per heavy atom. The van der Waals surface area contributed by atoms with Crippen LogP contribution in [0.25, 0.3) is 9.75 Å². The third kappa shape index (κ3) is 2.31. The van der Waals surface area contributed by atoms with Crippen LogP contribution < -0.4 is 5.84 Å². The zero-order chi connectivity index (χ0) is 12.4. The first-order valence-corrected chi connectivity index (χ1v) is 7.96. The van der Waals surface area contributed by atoms with Crippen molar-refractivity contribution in [3.8, 4) is 9.75 Å². The minimum atomic E-state index is 0.368. The Balaban J connectivity index is 1.83. The molecule has 1 aliphatic rings. The molecule has 3 rings (SSSR count). The lowest BCUT2D eigenvalue weighted by Crippen LogP contribution is -1.80. The van der Waals surface area contributed by atoms with Crippen LogP contribution in [0.3, 0.4) is 0 Å². The van der Waals surface area contributed by atoms with Crippen LogP contribution in [0.1, 0.15) is 10.1 Å². The van der Waals surface area contributed by atoms with E-state index in [1.165, 1.54) is 14.6 Å². The van der Waals surface area contributed by atoms with E-state index < -0.39 is 0 Å². The fraction of sp³-hybridized carbons (Fsp3) is 0.0769. The second-order valence-electron chi connectivity index (χ2n) is 3.68. The van der Waals surface area contributed by atoms with Crippen molar-refractivity contribution >= 4 is 40.3 Å². The molecule has 18 heavy (non-hydrogen) atoms. The number of nitrogens with zero attached hydrogens (tertiary/aromatic N) is 1. The van der Waals surface area contributed by atoms with Crippen LogP contribution in [0.4, 0.5) is 0 Å². The predicted molar refractivity (Wildman–Crippen MR) is 82.2 cm³/mol. The van der Waals surface area contributed by atoms with Gasteiger partial charge in [0.15, 0.2) is 0 Å². The van der Waals surface area contributed by atoms with Gasteiger partial charge in [-0.1, -0.05) is 12.1 Å². The molecule has 2 aromatic heterocycles. The van der Waals surface area contributed by atoms with Gasteiger partial charge in [0.25, 0.3) is 0 Å². The Labute approximate surface area is 118 Å². The average Bonchev–Trinajstić information content (AvgIpc) is 3.10. The minimum Gasteiger partial charge on any atom is -0.315 e. The van der Waals surface area contributed by atoms with Crippen molar-refractivity contribution in [1.82, 2.24) is 0 Å². The van der Waals surface area contributed by atoms with Crippen molar-refractivity contribution in [1.29, 1.82) is 0 Å². The maximum absolute atomic E-state index is 5.11. The van der Waals surface area contributed by atoms with E-state index in [1.807, 2.05) is 17.4 Å². The number of hydrazone groups is 1. The highest BCUT2D eigenvalue weighted by Crippen LogP contribution is 2.45. The number of thiophene rings is 2. The van der Waals surface area contributed by atoms with Gasteiger partial charge in [0, 0.05) is 20.5 Å². The van der Waals surface area contributed by atoms with Crippen LogP contribution in [0, 0.1) is 0 Å². The maximum Gasteiger partial charge on any atom is 0.0713 e. The molecule has 0 spiro atoms. The van der Waals surface area contributed by atoms with Crippen LogP contribution in [0.2, 0.25) is 0 Å². The summed E-state index contributed by atoms with van der Waals surface area (Å²) in [5, 5.41) is 5.91. The number of allylic oxidation sites excluding steroid dienone is 1. The first-order chi connectivity index (χ1) is 8.86. The molecule has 0 aliphatic carbocycles. The Morgan fingerprint density at radius 1 is 1.22 bits per heavy atom. The van der Waals surface area contributed by atoms with E-state index in [1.54, 1.807) is 23.1 Å². The number of rotatable bonds is 2. The third-order valence-electron chi connectivity index (χ3n) is 2.52. The lowest BCUT2D eigenvalue weighted by Gasteiger charge is -2.02. The van der Waals surface area contributed by atoms with Crippen molar-refractivity contribution in [2.24, 2.45) is 10.9 Å². The van der Waals surface area contributed by atoms with Crippen molar-refractivity contribution in [3.63, 3.8) is 0 Å². The van der Waals surface area contributed by atoms with Crippen LogP contribution in [-0.2, 0) is 0 Å². The highest BCUT2D eigenvalue weighted by molar-refractivity contribution is 8.04. The molecule has 1 unspecified atom stereocenters. The van der Waals surface area contributed by atoms with Gasteiger partial charge in [0.1, 0.15) is 0 Å². The van der Waals surface area contributed by atoms with Crippen LogP contribution in [-0.4, -0.2) is 5.87 Å². The Bertz CT molecular complexity index is 631. The molecule has 0 amide bonds. The second-order valence-corrected chi connectivity index (χ2v) is 6.93. The maximum atomic E-state index is 5.11. The molecule has 2 nitrogen and oxygen atoms in total. The van der Waals surface area contributed by atoms with Gasteiger partial charge in [0.05, 0.1) is 10.2 Å². The molecule has 0 bridgehead atoms. The summed E-state index contributed by atoms with van der Waals surface area (Å²) in [6, 6.07) is 8.63. The van der Waals surface area contributed by atoms with Crippen molar-refractivity contribution in [3.05, 3.63) is 51.6 Å². The summed E-state index contributed by atoms with van der Waals surface area (Å²) < 4.78 is 0. The third-order valence-corrected chi connectivity index (χ3v) is 6.05. The predicted octanol–water partition coefficient (Wildman–Crippen LogP) is 4.25.